The smallest absolute Gasteiger partial charge is 0.220 e. The Kier molecular flexibility index (Phi) is 5.29. The number of para-hydroxylation sites is 1. The van der Waals surface area contributed by atoms with E-state index in [0.29, 0.717) is 35.0 Å². The third kappa shape index (κ3) is 4.15. The van der Waals surface area contributed by atoms with Crippen molar-refractivity contribution in [3.05, 3.63) is 64.9 Å². The first-order valence-electron chi connectivity index (χ1n) is 8.17. The summed E-state index contributed by atoms with van der Waals surface area (Å²) < 4.78 is 11.2. The van der Waals surface area contributed by atoms with Crippen molar-refractivity contribution in [2.45, 2.75) is 25.8 Å². The van der Waals surface area contributed by atoms with Gasteiger partial charge in [-0.1, -0.05) is 35.9 Å². The van der Waals surface area contributed by atoms with E-state index in [-0.39, 0.29) is 11.9 Å². The van der Waals surface area contributed by atoms with Crippen molar-refractivity contribution in [3.8, 4) is 5.75 Å². The van der Waals surface area contributed by atoms with E-state index < -0.39 is 0 Å². The molecule has 0 spiro atoms. The second-order valence-electron chi connectivity index (χ2n) is 5.95. The van der Waals surface area contributed by atoms with Crippen molar-refractivity contribution >= 4 is 28.5 Å². The van der Waals surface area contributed by atoms with Crippen LogP contribution in [0.25, 0.3) is 11.0 Å². The number of ether oxygens (including phenoxy) is 1. The minimum atomic E-state index is -0.219. The van der Waals surface area contributed by atoms with E-state index in [9.17, 15) is 4.79 Å². The average Bonchev–Trinajstić information content (AvgIpc) is 3.04. The van der Waals surface area contributed by atoms with Crippen LogP contribution in [-0.4, -0.2) is 13.0 Å². The number of furan rings is 1. The lowest BCUT2D eigenvalue weighted by molar-refractivity contribution is -0.121. The van der Waals surface area contributed by atoms with E-state index in [1.807, 2.05) is 55.5 Å². The number of methoxy groups -OCH3 is 1. The molecule has 1 aromatic heterocycles. The molecule has 4 nitrogen and oxygen atoms in total. The molecule has 1 N–H and O–H groups in total. The number of hydrogen-bond donors (Lipinski definition) is 1. The Morgan fingerprint density at radius 1 is 1.24 bits per heavy atom. The minimum absolute atomic E-state index is 0.0279. The average molecular weight is 358 g/mol. The zero-order valence-electron chi connectivity index (χ0n) is 14.2. The summed E-state index contributed by atoms with van der Waals surface area (Å²) in [6.07, 6.45) is 1.04. The third-order valence-electron chi connectivity index (χ3n) is 4.08. The highest BCUT2D eigenvalue weighted by Gasteiger charge is 2.16. The fourth-order valence-corrected chi connectivity index (χ4v) is 2.98. The van der Waals surface area contributed by atoms with Crippen LogP contribution in [-0.2, 0) is 11.2 Å². The Morgan fingerprint density at radius 2 is 2.04 bits per heavy atom. The van der Waals surface area contributed by atoms with Crippen LogP contribution in [0.5, 0.6) is 5.75 Å². The summed E-state index contributed by atoms with van der Waals surface area (Å²) in [6.45, 7) is 1.90. The number of carbonyl (C=O) groups excluding carboxylic acids is 1. The van der Waals surface area contributed by atoms with Gasteiger partial charge in [0.25, 0.3) is 0 Å². The van der Waals surface area contributed by atoms with Gasteiger partial charge < -0.3 is 14.5 Å². The van der Waals surface area contributed by atoms with Crippen molar-refractivity contribution in [3.63, 3.8) is 0 Å². The van der Waals surface area contributed by atoms with Crippen LogP contribution in [0.15, 0.2) is 52.9 Å². The molecule has 0 aliphatic carbocycles. The molecule has 0 saturated heterocycles. The fourth-order valence-electron chi connectivity index (χ4n) is 2.77. The Morgan fingerprint density at radius 3 is 2.80 bits per heavy atom. The molecule has 0 radical (unpaired) electrons. The van der Waals surface area contributed by atoms with E-state index in [2.05, 4.69) is 5.32 Å². The molecule has 2 aromatic carbocycles. The fraction of sp³-hybridized carbons (Fsp3) is 0.250. The molecule has 1 amide bonds. The number of halogens is 1. The summed E-state index contributed by atoms with van der Waals surface area (Å²) in [5.41, 5.74) is 1.74. The minimum Gasteiger partial charge on any atom is -0.493 e. The maximum Gasteiger partial charge on any atom is 0.220 e. The molecule has 1 heterocycles. The first-order valence-corrected chi connectivity index (χ1v) is 8.55. The molecule has 25 heavy (non-hydrogen) atoms. The molecule has 0 saturated carbocycles. The van der Waals surface area contributed by atoms with Gasteiger partial charge in [-0.3, -0.25) is 4.79 Å². The van der Waals surface area contributed by atoms with Crippen molar-refractivity contribution in [1.82, 2.24) is 5.32 Å². The van der Waals surface area contributed by atoms with Crippen LogP contribution in [0.4, 0.5) is 0 Å². The number of rotatable bonds is 6. The van der Waals surface area contributed by atoms with Gasteiger partial charge in [0.1, 0.15) is 5.76 Å². The third-order valence-corrected chi connectivity index (χ3v) is 4.32. The molecular formula is C20H20ClNO3. The monoisotopic (exact) mass is 357 g/mol. The Balaban J connectivity index is 1.63. The molecule has 1 unspecified atom stereocenters. The molecule has 3 aromatic rings. The van der Waals surface area contributed by atoms with Gasteiger partial charge in [0.2, 0.25) is 5.91 Å². The second-order valence-corrected chi connectivity index (χ2v) is 6.38. The van der Waals surface area contributed by atoms with Gasteiger partial charge in [0, 0.05) is 16.8 Å². The lowest BCUT2D eigenvalue weighted by atomic mass is 10.1. The summed E-state index contributed by atoms with van der Waals surface area (Å²) in [5.74, 6) is 1.36. The van der Waals surface area contributed by atoms with Crippen LogP contribution >= 0.6 is 11.6 Å². The van der Waals surface area contributed by atoms with Crippen LogP contribution < -0.4 is 10.1 Å². The number of fused-ring (bicyclic) bond motifs is 1. The summed E-state index contributed by atoms with van der Waals surface area (Å²) in [7, 11) is 1.61. The Hall–Kier alpha value is -2.46. The maximum absolute atomic E-state index is 12.2. The van der Waals surface area contributed by atoms with Gasteiger partial charge in [0.15, 0.2) is 11.3 Å². The Labute approximate surface area is 151 Å². The van der Waals surface area contributed by atoms with Crippen LogP contribution in [0.2, 0.25) is 5.02 Å². The molecule has 0 bridgehead atoms. The molecule has 3 rings (SSSR count). The summed E-state index contributed by atoms with van der Waals surface area (Å²) in [4.78, 5) is 12.2. The lowest BCUT2D eigenvalue weighted by Crippen LogP contribution is -2.26. The molecule has 0 aliphatic rings. The highest BCUT2D eigenvalue weighted by atomic mass is 35.5. The zero-order valence-corrected chi connectivity index (χ0v) is 15.0. The van der Waals surface area contributed by atoms with Crippen LogP contribution in [0, 0.1) is 0 Å². The van der Waals surface area contributed by atoms with E-state index in [0.717, 1.165) is 10.9 Å². The first kappa shape index (κ1) is 17.4. The molecule has 0 fully saturated rings. The largest absolute Gasteiger partial charge is 0.493 e. The van der Waals surface area contributed by atoms with E-state index >= 15 is 0 Å². The highest BCUT2D eigenvalue weighted by Crippen LogP contribution is 2.30. The van der Waals surface area contributed by atoms with Gasteiger partial charge in [-0.25, -0.2) is 0 Å². The second kappa shape index (κ2) is 7.62. The van der Waals surface area contributed by atoms with Gasteiger partial charge in [-0.2, -0.15) is 0 Å². The van der Waals surface area contributed by atoms with Crippen LogP contribution in [0.3, 0.4) is 0 Å². The highest BCUT2D eigenvalue weighted by molar-refractivity contribution is 6.30. The number of amides is 1. The molecule has 0 aliphatic heterocycles. The molecule has 130 valence electrons. The maximum atomic E-state index is 12.2. The van der Waals surface area contributed by atoms with Crippen LogP contribution in [0.1, 0.15) is 30.7 Å². The van der Waals surface area contributed by atoms with Gasteiger partial charge in [0.05, 0.1) is 13.2 Å². The van der Waals surface area contributed by atoms with E-state index in [1.54, 1.807) is 7.11 Å². The number of nitrogens with one attached hydrogen (secondary N) is 1. The molecule has 5 heteroatoms. The van der Waals surface area contributed by atoms with Crippen molar-refractivity contribution in [2.75, 3.05) is 7.11 Å². The normalized spacial score (nSPS) is 12.1. The van der Waals surface area contributed by atoms with Crippen molar-refractivity contribution in [2.24, 2.45) is 0 Å². The van der Waals surface area contributed by atoms with Gasteiger partial charge >= 0.3 is 0 Å². The lowest BCUT2D eigenvalue weighted by Gasteiger charge is -2.11. The first-order chi connectivity index (χ1) is 12.1. The predicted molar refractivity (Wildman–Crippen MR) is 99.1 cm³/mol. The van der Waals surface area contributed by atoms with Gasteiger partial charge in [-0.15, -0.1) is 0 Å². The van der Waals surface area contributed by atoms with Gasteiger partial charge in [-0.05, 0) is 43.2 Å². The molecule has 1 atom stereocenters. The standard InChI is InChI=1S/C20H20ClNO3/c1-13(18-12-15-6-4-8-17(24-2)20(15)25-18)22-19(23)10-9-14-5-3-7-16(21)11-14/h3-8,11-13H,9-10H2,1-2H3,(H,22,23). The summed E-state index contributed by atoms with van der Waals surface area (Å²) in [5, 5.41) is 4.61. The summed E-state index contributed by atoms with van der Waals surface area (Å²) in [6, 6.07) is 15.0. The summed E-state index contributed by atoms with van der Waals surface area (Å²) >= 11 is 5.96. The number of hydrogen-bond acceptors (Lipinski definition) is 3. The quantitative estimate of drug-likeness (QED) is 0.682. The van der Waals surface area contributed by atoms with Crippen molar-refractivity contribution in [1.29, 1.82) is 0 Å². The topological polar surface area (TPSA) is 51.5 Å². The number of carbonyl (C=O) groups is 1. The Bertz CT molecular complexity index is 888. The molecular weight excluding hydrogens is 338 g/mol. The van der Waals surface area contributed by atoms with E-state index in [1.165, 1.54) is 0 Å². The number of aryl methyl sites for hydroxylation is 1. The zero-order chi connectivity index (χ0) is 17.8. The number of benzene rings is 2. The van der Waals surface area contributed by atoms with Crippen molar-refractivity contribution < 1.29 is 13.9 Å². The van der Waals surface area contributed by atoms with E-state index in [4.69, 9.17) is 20.8 Å². The SMILES string of the molecule is COc1cccc2cc(C(C)NC(=O)CCc3cccc(Cl)c3)oc12. The predicted octanol–water partition coefficient (Wildman–Crippen LogP) is 4.90.